The number of rotatable bonds is 0. The van der Waals surface area contributed by atoms with Crippen molar-refractivity contribution in [2.24, 2.45) is 0 Å². The third-order valence-electron chi connectivity index (χ3n) is 2.19. The highest BCUT2D eigenvalue weighted by atomic mass is 35.5. The van der Waals surface area contributed by atoms with Gasteiger partial charge in [0.1, 0.15) is 12.5 Å². The minimum Gasteiger partial charge on any atom is -0.478 e. The predicted molar refractivity (Wildman–Crippen MR) is 53.2 cm³/mol. The van der Waals surface area contributed by atoms with Gasteiger partial charge in [0.05, 0.1) is 0 Å². The van der Waals surface area contributed by atoms with Gasteiger partial charge in [0.15, 0.2) is 0 Å². The fraction of sp³-hybridized carbons (Fsp3) is 0.400. The summed E-state index contributed by atoms with van der Waals surface area (Å²) in [6, 6.07) is 3.91. The van der Waals surface area contributed by atoms with Gasteiger partial charge in [-0.25, -0.2) is 0 Å². The van der Waals surface area contributed by atoms with E-state index in [0.29, 0.717) is 6.73 Å². The summed E-state index contributed by atoms with van der Waals surface area (Å²) in [5.74, 6) is 1.00. The zero-order valence-corrected chi connectivity index (χ0v) is 8.56. The summed E-state index contributed by atoms with van der Waals surface area (Å²) in [5, 5.41) is 0.787. The van der Waals surface area contributed by atoms with Crippen LogP contribution < -0.4 is 4.74 Å². The Morgan fingerprint density at radius 1 is 1.46 bits per heavy atom. The van der Waals surface area contributed by atoms with E-state index in [9.17, 15) is 0 Å². The smallest absolute Gasteiger partial charge is 0.142 e. The topological polar surface area (TPSA) is 12.5 Å². The van der Waals surface area contributed by atoms with Gasteiger partial charge in [0.25, 0.3) is 0 Å². The Hall–Kier alpha value is -0.730. The van der Waals surface area contributed by atoms with Crippen molar-refractivity contribution in [3.8, 4) is 5.75 Å². The van der Waals surface area contributed by atoms with Crippen molar-refractivity contribution in [3.63, 3.8) is 0 Å². The molecule has 0 bridgehead atoms. The first kappa shape index (κ1) is 8.85. The Balaban J connectivity index is 2.47. The van der Waals surface area contributed by atoms with Crippen molar-refractivity contribution in [2.45, 2.75) is 13.5 Å². The molecule has 0 spiro atoms. The monoisotopic (exact) mass is 197 g/mol. The minimum absolute atomic E-state index is 0.662. The largest absolute Gasteiger partial charge is 0.478 e. The zero-order valence-electron chi connectivity index (χ0n) is 7.80. The van der Waals surface area contributed by atoms with Crippen LogP contribution in [0, 0.1) is 6.92 Å². The summed E-state index contributed by atoms with van der Waals surface area (Å²) in [6.07, 6.45) is 0. The lowest BCUT2D eigenvalue weighted by Crippen LogP contribution is -2.28. The standard InChI is InChI=1S/C10H12ClNO/c1-7-3-9(11)4-8-5-12(2)6-13-10(7)8/h3-4H,5-6H2,1-2H3. The van der Waals surface area contributed by atoms with Gasteiger partial charge in [-0.15, -0.1) is 0 Å². The molecule has 0 amide bonds. The Bertz CT molecular complexity index is 338. The summed E-state index contributed by atoms with van der Waals surface area (Å²) in [5.41, 5.74) is 2.30. The van der Waals surface area contributed by atoms with E-state index in [1.165, 1.54) is 5.56 Å². The summed E-state index contributed by atoms with van der Waals surface area (Å²) in [6.45, 7) is 3.60. The van der Waals surface area contributed by atoms with Crippen molar-refractivity contribution in [2.75, 3.05) is 13.8 Å². The molecule has 2 rings (SSSR count). The fourth-order valence-electron chi connectivity index (χ4n) is 1.63. The second kappa shape index (κ2) is 3.20. The van der Waals surface area contributed by atoms with E-state index in [1.54, 1.807) is 0 Å². The van der Waals surface area contributed by atoms with E-state index >= 15 is 0 Å². The van der Waals surface area contributed by atoms with E-state index in [4.69, 9.17) is 16.3 Å². The van der Waals surface area contributed by atoms with Gasteiger partial charge in [-0.05, 0) is 31.7 Å². The van der Waals surface area contributed by atoms with Crippen molar-refractivity contribution >= 4 is 11.6 Å². The van der Waals surface area contributed by atoms with Gasteiger partial charge in [0.2, 0.25) is 0 Å². The second-order valence-electron chi connectivity index (χ2n) is 3.50. The first-order valence-electron chi connectivity index (χ1n) is 4.27. The highest BCUT2D eigenvalue weighted by molar-refractivity contribution is 6.30. The molecule has 70 valence electrons. The molecule has 1 aliphatic rings. The molecule has 0 aromatic heterocycles. The van der Waals surface area contributed by atoms with E-state index in [2.05, 4.69) is 4.90 Å². The second-order valence-corrected chi connectivity index (χ2v) is 3.93. The van der Waals surface area contributed by atoms with Crippen LogP contribution in [0.5, 0.6) is 5.75 Å². The average molecular weight is 198 g/mol. The van der Waals surface area contributed by atoms with Crippen LogP contribution in [0.3, 0.4) is 0 Å². The molecule has 0 saturated carbocycles. The van der Waals surface area contributed by atoms with E-state index in [0.717, 1.165) is 22.9 Å². The van der Waals surface area contributed by atoms with Gasteiger partial charge in [-0.3, -0.25) is 4.90 Å². The molecular formula is C10H12ClNO. The lowest BCUT2D eigenvalue weighted by atomic mass is 10.1. The maximum Gasteiger partial charge on any atom is 0.142 e. The molecule has 0 saturated heterocycles. The first-order valence-corrected chi connectivity index (χ1v) is 4.65. The highest BCUT2D eigenvalue weighted by Gasteiger charge is 2.16. The van der Waals surface area contributed by atoms with Crippen molar-refractivity contribution < 1.29 is 4.74 Å². The van der Waals surface area contributed by atoms with Crippen LogP contribution in [0.1, 0.15) is 11.1 Å². The number of halogens is 1. The van der Waals surface area contributed by atoms with Gasteiger partial charge in [-0.2, -0.15) is 0 Å². The van der Waals surface area contributed by atoms with Gasteiger partial charge in [0, 0.05) is 17.1 Å². The molecule has 2 nitrogen and oxygen atoms in total. The van der Waals surface area contributed by atoms with Crippen molar-refractivity contribution in [1.29, 1.82) is 0 Å². The summed E-state index contributed by atoms with van der Waals surface area (Å²) in [4.78, 5) is 2.11. The average Bonchev–Trinajstić information content (AvgIpc) is 2.02. The van der Waals surface area contributed by atoms with E-state index in [1.807, 2.05) is 26.1 Å². The third-order valence-corrected chi connectivity index (χ3v) is 2.40. The molecule has 13 heavy (non-hydrogen) atoms. The Morgan fingerprint density at radius 3 is 3.00 bits per heavy atom. The summed E-state index contributed by atoms with van der Waals surface area (Å²) < 4.78 is 5.59. The lowest BCUT2D eigenvalue weighted by molar-refractivity contribution is 0.120. The molecule has 1 aliphatic heterocycles. The van der Waals surface area contributed by atoms with E-state index < -0.39 is 0 Å². The molecule has 0 radical (unpaired) electrons. The van der Waals surface area contributed by atoms with Crippen LogP contribution in [0.4, 0.5) is 0 Å². The molecule has 1 aromatic rings. The highest BCUT2D eigenvalue weighted by Crippen LogP contribution is 2.31. The molecule has 1 heterocycles. The number of ether oxygens (including phenoxy) is 1. The summed E-state index contributed by atoms with van der Waals surface area (Å²) >= 11 is 5.96. The van der Waals surface area contributed by atoms with Gasteiger partial charge in [-0.1, -0.05) is 11.6 Å². The third kappa shape index (κ3) is 1.64. The number of hydrogen-bond donors (Lipinski definition) is 0. The number of nitrogens with zero attached hydrogens (tertiary/aromatic N) is 1. The molecular weight excluding hydrogens is 186 g/mol. The minimum atomic E-state index is 0.662. The number of hydrogen-bond acceptors (Lipinski definition) is 2. The predicted octanol–water partition coefficient (Wildman–Crippen LogP) is 2.43. The lowest BCUT2D eigenvalue weighted by Gasteiger charge is -2.26. The van der Waals surface area contributed by atoms with Crippen LogP contribution in [0.25, 0.3) is 0 Å². The summed E-state index contributed by atoms with van der Waals surface area (Å²) in [7, 11) is 2.03. The van der Waals surface area contributed by atoms with Crippen LogP contribution in [-0.2, 0) is 6.54 Å². The molecule has 0 N–H and O–H groups in total. The number of benzene rings is 1. The Morgan fingerprint density at radius 2 is 2.23 bits per heavy atom. The van der Waals surface area contributed by atoms with Crippen LogP contribution in [0.2, 0.25) is 5.02 Å². The van der Waals surface area contributed by atoms with Gasteiger partial charge < -0.3 is 4.74 Å². The Kier molecular flexibility index (Phi) is 2.18. The molecule has 1 aromatic carbocycles. The Labute approximate surface area is 83.1 Å². The molecule has 0 unspecified atom stereocenters. The molecule has 3 heteroatoms. The van der Waals surface area contributed by atoms with Crippen LogP contribution in [0.15, 0.2) is 12.1 Å². The normalized spacial score (nSPS) is 16.5. The quantitative estimate of drug-likeness (QED) is 0.634. The number of fused-ring (bicyclic) bond motifs is 1. The number of aryl methyl sites for hydroxylation is 1. The zero-order chi connectivity index (χ0) is 9.42. The van der Waals surface area contributed by atoms with E-state index in [-0.39, 0.29) is 0 Å². The SMILES string of the molecule is Cc1cc(Cl)cc2c1OCN(C)C2. The molecule has 0 fully saturated rings. The van der Waals surface area contributed by atoms with Crippen LogP contribution in [-0.4, -0.2) is 18.7 Å². The van der Waals surface area contributed by atoms with Crippen LogP contribution >= 0.6 is 11.6 Å². The maximum absolute atomic E-state index is 5.96. The molecule has 0 aliphatic carbocycles. The van der Waals surface area contributed by atoms with Crippen molar-refractivity contribution in [3.05, 3.63) is 28.3 Å². The molecule has 0 atom stereocenters. The maximum atomic E-state index is 5.96. The first-order chi connectivity index (χ1) is 6.16. The van der Waals surface area contributed by atoms with Gasteiger partial charge >= 0.3 is 0 Å². The van der Waals surface area contributed by atoms with Crippen molar-refractivity contribution in [1.82, 2.24) is 4.90 Å². The fourth-order valence-corrected chi connectivity index (χ4v) is 1.93.